The summed E-state index contributed by atoms with van der Waals surface area (Å²) in [6.07, 6.45) is -1.10. The third-order valence-electron chi connectivity index (χ3n) is 3.87. The molecule has 0 spiro atoms. The third kappa shape index (κ3) is 3.79. The summed E-state index contributed by atoms with van der Waals surface area (Å²) in [5, 5.41) is 6.46. The van der Waals surface area contributed by atoms with Crippen molar-refractivity contribution in [2.75, 3.05) is 18.0 Å². The van der Waals surface area contributed by atoms with Crippen molar-refractivity contribution in [2.45, 2.75) is 25.2 Å². The number of nitrogens with zero attached hydrogens (tertiary/aromatic N) is 2. The second-order valence-corrected chi connectivity index (χ2v) is 7.20. The minimum Gasteiger partial charge on any atom is -0.442 e. The summed E-state index contributed by atoms with van der Waals surface area (Å²) in [6.45, 7) is 3.48. The van der Waals surface area contributed by atoms with Crippen LogP contribution in [0.5, 0.6) is 0 Å². The van der Waals surface area contributed by atoms with E-state index in [0.29, 0.717) is 10.7 Å². The van der Waals surface area contributed by atoms with Gasteiger partial charge in [-0.25, -0.2) is 14.6 Å². The Morgan fingerprint density at radius 3 is 2.92 bits per heavy atom. The Morgan fingerprint density at radius 1 is 1.50 bits per heavy atom. The first-order valence-electron chi connectivity index (χ1n) is 7.92. The number of ether oxygens (including phenoxy) is 1. The fourth-order valence-corrected chi connectivity index (χ4v) is 3.39. The van der Waals surface area contributed by atoms with Gasteiger partial charge in [-0.1, -0.05) is 11.8 Å². The standard InChI is InChI=1S/C16H17FN4O4S/c1-8-14(23)19-20-15(26-8)12-4-3-10(5-13(12)17)21-7-11(25-16(21)24)6-18-9(2)22/h3-5,8,11H,6-7H2,1-2H3,(H,18,22)(H,19,23)/t8-,11-/m0/s1. The van der Waals surface area contributed by atoms with Gasteiger partial charge in [-0.3, -0.25) is 14.5 Å². The molecule has 3 amide bonds. The zero-order valence-corrected chi connectivity index (χ0v) is 14.9. The van der Waals surface area contributed by atoms with Gasteiger partial charge in [0, 0.05) is 12.5 Å². The smallest absolute Gasteiger partial charge is 0.414 e. The molecular weight excluding hydrogens is 363 g/mol. The molecule has 2 heterocycles. The monoisotopic (exact) mass is 380 g/mol. The number of anilines is 1. The molecule has 2 N–H and O–H groups in total. The number of hydrazone groups is 1. The van der Waals surface area contributed by atoms with Gasteiger partial charge < -0.3 is 10.1 Å². The fourth-order valence-electron chi connectivity index (χ4n) is 2.51. The highest BCUT2D eigenvalue weighted by molar-refractivity contribution is 8.15. The van der Waals surface area contributed by atoms with E-state index in [1.54, 1.807) is 13.0 Å². The number of carbonyl (C=O) groups is 3. The normalized spacial score (nSPS) is 22.6. The van der Waals surface area contributed by atoms with Crippen LogP contribution in [0.15, 0.2) is 23.3 Å². The van der Waals surface area contributed by atoms with E-state index in [9.17, 15) is 18.8 Å². The van der Waals surface area contributed by atoms with Crippen molar-refractivity contribution < 1.29 is 23.5 Å². The lowest BCUT2D eigenvalue weighted by molar-refractivity contribution is -0.120. The number of rotatable bonds is 4. The van der Waals surface area contributed by atoms with Crippen LogP contribution in [0.4, 0.5) is 14.9 Å². The number of hydrogen-bond acceptors (Lipinski definition) is 6. The van der Waals surface area contributed by atoms with E-state index in [1.807, 2.05) is 0 Å². The molecule has 1 saturated heterocycles. The maximum absolute atomic E-state index is 14.5. The molecule has 0 saturated carbocycles. The number of carbonyl (C=O) groups excluding carboxylic acids is 3. The number of thioether (sulfide) groups is 1. The van der Waals surface area contributed by atoms with Crippen molar-refractivity contribution in [2.24, 2.45) is 5.10 Å². The molecule has 2 aliphatic heterocycles. The highest BCUT2D eigenvalue weighted by Gasteiger charge is 2.33. The van der Waals surface area contributed by atoms with Gasteiger partial charge in [0.1, 0.15) is 17.0 Å². The molecule has 10 heteroatoms. The molecule has 0 radical (unpaired) electrons. The molecule has 3 rings (SSSR count). The summed E-state index contributed by atoms with van der Waals surface area (Å²) < 4.78 is 19.7. The molecule has 8 nitrogen and oxygen atoms in total. The van der Waals surface area contributed by atoms with E-state index in [4.69, 9.17) is 4.74 Å². The summed E-state index contributed by atoms with van der Waals surface area (Å²) >= 11 is 1.16. The number of hydrogen-bond donors (Lipinski definition) is 2. The Hall–Kier alpha value is -2.62. The lowest BCUT2D eigenvalue weighted by atomic mass is 10.2. The highest BCUT2D eigenvalue weighted by atomic mass is 32.2. The lowest BCUT2D eigenvalue weighted by Crippen LogP contribution is -2.33. The molecule has 2 aliphatic rings. The van der Waals surface area contributed by atoms with Crippen molar-refractivity contribution in [1.82, 2.24) is 10.7 Å². The van der Waals surface area contributed by atoms with Gasteiger partial charge in [-0.05, 0) is 25.1 Å². The Bertz CT molecular complexity index is 800. The molecule has 1 aromatic rings. The van der Waals surface area contributed by atoms with Crippen LogP contribution in [-0.4, -0.2) is 47.4 Å². The van der Waals surface area contributed by atoms with Crippen molar-refractivity contribution in [3.05, 3.63) is 29.6 Å². The number of cyclic esters (lactones) is 1. The summed E-state index contributed by atoms with van der Waals surface area (Å²) in [5.41, 5.74) is 2.95. The van der Waals surface area contributed by atoms with Crippen LogP contribution in [0.1, 0.15) is 19.4 Å². The lowest BCUT2D eigenvalue weighted by Gasteiger charge is -2.19. The Balaban J connectivity index is 1.75. The van der Waals surface area contributed by atoms with Crippen LogP contribution < -0.4 is 15.6 Å². The molecule has 138 valence electrons. The van der Waals surface area contributed by atoms with Gasteiger partial charge in [0.15, 0.2) is 0 Å². The number of benzene rings is 1. The average Bonchev–Trinajstić information content (AvgIpc) is 2.96. The Morgan fingerprint density at radius 2 is 2.27 bits per heavy atom. The predicted octanol–water partition coefficient (Wildman–Crippen LogP) is 1.20. The Kier molecular flexibility index (Phi) is 5.12. The molecule has 1 aromatic carbocycles. The van der Waals surface area contributed by atoms with Gasteiger partial charge in [0.05, 0.1) is 24.0 Å². The summed E-state index contributed by atoms with van der Waals surface area (Å²) in [5.74, 6) is -1.02. The number of amides is 3. The maximum atomic E-state index is 14.5. The van der Waals surface area contributed by atoms with Crippen LogP contribution in [0.2, 0.25) is 0 Å². The van der Waals surface area contributed by atoms with E-state index in [2.05, 4.69) is 15.8 Å². The van der Waals surface area contributed by atoms with Crippen molar-refractivity contribution in [3.63, 3.8) is 0 Å². The second-order valence-electron chi connectivity index (χ2n) is 5.87. The molecule has 0 bridgehead atoms. The van der Waals surface area contributed by atoms with E-state index in [0.717, 1.165) is 11.8 Å². The third-order valence-corrected chi connectivity index (χ3v) is 4.97. The summed E-state index contributed by atoms with van der Waals surface area (Å²) in [7, 11) is 0. The average molecular weight is 380 g/mol. The van der Waals surface area contributed by atoms with Gasteiger partial charge >= 0.3 is 6.09 Å². The second kappa shape index (κ2) is 7.32. The first-order chi connectivity index (χ1) is 12.3. The zero-order chi connectivity index (χ0) is 18.8. The first-order valence-corrected chi connectivity index (χ1v) is 8.80. The Labute approximate surface area is 153 Å². The SMILES string of the molecule is CC(=O)NC[C@H]1CN(c2ccc(C3=NNC(=O)[C@H](C)S3)c(F)c2)C(=O)O1. The molecule has 26 heavy (non-hydrogen) atoms. The van der Waals surface area contributed by atoms with Gasteiger partial charge in [0.2, 0.25) is 5.91 Å². The molecule has 0 unspecified atom stereocenters. The van der Waals surface area contributed by atoms with E-state index < -0.39 is 18.0 Å². The van der Waals surface area contributed by atoms with Crippen LogP contribution in [0.3, 0.4) is 0 Å². The quantitative estimate of drug-likeness (QED) is 0.818. The minimum absolute atomic E-state index is 0.198. The predicted molar refractivity (Wildman–Crippen MR) is 94.4 cm³/mol. The van der Waals surface area contributed by atoms with E-state index in [-0.39, 0.29) is 35.7 Å². The molecule has 1 fully saturated rings. The molecule has 0 aliphatic carbocycles. The largest absolute Gasteiger partial charge is 0.442 e. The van der Waals surface area contributed by atoms with Gasteiger partial charge in [-0.2, -0.15) is 5.10 Å². The highest BCUT2D eigenvalue weighted by Crippen LogP contribution is 2.28. The van der Waals surface area contributed by atoms with Crippen LogP contribution >= 0.6 is 11.8 Å². The van der Waals surface area contributed by atoms with Crippen LogP contribution in [-0.2, 0) is 14.3 Å². The van der Waals surface area contributed by atoms with E-state index >= 15 is 0 Å². The van der Waals surface area contributed by atoms with Crippen LogP contribution in [0, 0.1) is 5.82 Å². The van der Waals surface area contributed by atoms with Gasteiger partial charge in [-0.15, -0.1) is 0 Å². The summed E-state index contributed by atoms with van der Waals surface area (Å²) in [6, 6.07) is 4.32. The first kappa shape index (κ1) is 18.2. The van der Waals surface area contributed by atoms with Crippen molar-refractivity contribution >= 4 is 40.4 Å². The molecular formula is C16H17FN4O4S. The van der Waals surface area contributed by atoms with E-state index in [1.165, 1.54) is 24.0 Å². The molecule has 0 aromatic heterocycles. The number of nitrogens with one attached hydrogen (secondary N) is 2. The van der Waals surface area contributed by atoms with Crippen molar-refractivity contribution in [3.8, 4) is 0 Å². The summed E-state index contributed by atoms with van der Waals surface area (Å²) in [4.78, 5) is 35.7. The zero-order valence-electron chi connectivity index (χ0n) is 14.1. The van der Waals surface area contributed by atoms with Crippen molar-refractivity contribution in [1.29, 1.82) is 0 Å². The maximum Gasteiger partial charge on any atom is 0.414 e. The van der Waals surface area contributed by atoms with Gasteiger partial charge in [0.25, 0.3) is 5.91 Å². The fraction of sp³-hybridized carbons (Fsp3) is 0.375. The molecule has 2 atom stereocenters. The number of halogens is 1. The van der Waals surface area contributed by atoms with Crippen LogP contribution in [0.25, 0.3) is 0 Å². The minimum atomic E-state index is -0.599. The topological polar surface area (TPSA) is 100 Å².